The summed E-state index contributed by atoms with van der Waals surface area (Å²) in [5.41, 5.74) is 1.53. The number of carbonyl (C=O) groups is 1. The molecule has 1 aromatic heterocycles. The van der Waals surface area contributed by atoms with E-state index in [9.17, 15) is 4.79 Å². The van der Waals surface area contributed by atoms with E-state index in [0.29, 0.717) is 23.6 Å². The molecule has 0 radical (unpaired) electrons. The lowest BCUT2D eigenvalue weighted by molar-refractivity contribution is 0.0219. The highest BCUT2D eigenvalue weighted by Gasteiger charge is 2.35. The van der Waals surface area contributed by atoms with Crippen LogP contribution in [-0.2, 0) is 4.74 Å². The van der Waals surface area contributed by atoms with Gasteiger partial charge in [0.1, 0.15) is 11.3 Å². The number of nitriles is 1. The van der Waals surface area contributed by atoms with E-state index in [1.54, 1.807) is 23.1 Å². The Morgan fingerprint density at radius 3 is 2.92 bits per heavy atom. The molecule has 1 amide bonds. The van der Waals surface area contributed by atoms with Crippen molar-refractivity contribution in [3.05, 3.63) is 41.6 Å². The van der Waals surface area contributed by atoms with Crippen molar-refractivity contribution in [2.75, 3.05) is 6.54 Å². The van der Waals surface area contributed by atoms with Crippen molar-refractivity contribution in [1.82, 2.24) is 10.1 Å². The predicted octanol–water partition coefficient (Wildman–Crippen LogP) is 4.29. The Morgan fingerprint density at radius 2 is 2.20 bits per heavy atom. The Kier molecular flexibility index (Phi) is 4.49. The average Bonchev–Trinajstić information content (AvgIpc) is 3.22. The molecule has 0 saturated carbocycles. The Hall–Kier alpha value is -2.81. The van der Waals surface area contributed by atoms with Gasteiger partial charge >= 0.3 is 6.09 Å². The molecule has 1 saturated heterocycles. The van der Waals surface area contributed by atoms with Gasteiger partial charge in [-0.15, -0.1) is 0 Å². The predicted molar refractivity (Wildman–Crippen MR) is 91.6 cm³/mol. The number of benzene rings is 1. The summed E-state index contributed by atoms with van der Waals surface area (Å²) in [5, 5.41) is 13.2. The van der Waals surface area contributed by atoms with Crippen LogP contribution in [0.3, 0.4) is 0 Å². The molecule has 1 aliphatic rings. The fourth-order valence-electron chi connectivity index (χ4n) is 2.94. The molecule has 0 spiro atoms. The van der Waals surface area contributed by atoms with Crippen molar-refractivity contribution in [2.45, 2.75) is 45.3 Å². The average molecular weight is 339 g/mol. The second-order valence-electron chi connectivity index (χ2n) is 7.14. The first-order valence-electron chi connectivity index (χ1n) is 8.34. The van der Waals surface area contributed by atoms with Crippen LogP contribution in [0.15, 0.2) is 34.9 Å². The highest BCUT2D eigenvalue weighted by molar-refractivity contribution is 5.69. The van der Waals surface area contributed by atoms with Gasteiger partial charge in [0.05, 0.1) is 17.7 Å². The number of amides is 1. The molecule has 130 valence electrons. The van der Waals surface area contributed by atoms with Crippen LogP contribution in [0.1, 0.15) is 50.9 Å². The first-order chi connectivity index (χ1) is 11.9. The van der Waals surface area contributed by atoms with Gasteiger partial charge in [-0.2, -0.15) is 5.26 Å². The van der Waals surface area contributed by atoms with Gasteiger partial charge in [0.2, 0.25) is 0 Å². The van der Waals surface area contributed by atoms with Crippen LogP contribution in [0.5, 0.6) is 0 Å². The second-order valence-corrected chi connectivity index (χ2v) is 7.14. The topological polar surface area (TPSA) is 79.4 Å². The highest BCUT2D eigenvalue weighted by Crippen LogP contribution is 2.34. The summed E-state index contributed by atoms with van der Waals surface area (Å²) in [6, 6.07) is 11.0. The lowest BCUT2D eigenvalue weighted by Crippen LogP contribution is -2.36. The van der Waals surface area contributed by atoms with E-state index in [-0.39, 0.29) is 12.1 Å². The minimum Gasteiger partial charge on any atom is -0.444 e. The van der Waals surface area contributed by atoms with Gasteiger partial charge in [0, 0.05) is 18.2 Å². The van der Waals surface area contributed by atoms with E-state index in [4.69, 9.17) is 14.5 Å². The summed E-state index contributed by atoms with van der Waals surface area (Å²) in [5.74, 6) is 0.586. The van der Waals surface area contributed by atoms with Crippen molar-refractivity contribution in [2.24, 2.45) is 0 Å². The number of ether oxygens (including phenoxy) is 1. The summed E-state index contributed by atoms with van der Waals surface area (Å²) in [4.78, 5) is 14.1. The molecular formula is C19H21N3O3. The number of rotatable bonds is 2. The van der Waals surface area contributed by atoms with Crippen molar-refractivity contribution in [3.8, 4) is 17.4 Å². The van der Waals surface area contributed by atoms with Gasteiger partial charge in [-0.3, -0.25) is 4.90 Å². The van der Waals surface area contributed by atoms with Gasteiger partial charge in [-0.05, 0) is 45.7 Å². The minimum absolute atomic E-state index is 0.147. The third kappa shape index (κ3) is 3.82. The molecular weight excluding hydrogens is 318 g/mol. The fourth-order valence-corrected chi connectivity index (χ4v) is 2.94. The van der Waals surface area contributed by atoms with Gasteiger partial charge in [0.15, 0.2) is 5.76 Å². The molecule has 6 heteroatoms. The maximum absolute atomic E-state index is 12.4. The third-order valence-electron chi connectivity index (χ3n) is 4.03. The van der Waals surface area contributed by atoms with E-state index in [2.05, 4.69) is 11.2 Å². The SMILES string of the molecule is CC(C)(C)OC(=O)N1CCC[C@@H]1c1cc(-c2cccc(C#N)c2)on1. The lowest BCUT2D eigenvalue weighted by atomic mass is 10.1. The molecule has 1 aliphatic heterocycles. The van der Waals surface area contributed by atoms with Crippen LogP contribution in [0.4, 0.5) is 4.79 Å². The Morgan fingerprint density at radius 1 is 1.40 bits per heavy atom. The summed E-state index contributed by atoms with van der Waals surface area (Å²) in [6.07, 6.45) is 1.39. The molecule has 0 N–H and O–H groups in total. The number of hydrogen-bond donors (Lipinski definition) is 0. The van der Waals surface area contributed by atoms with Crippen molar-refractivity contribution >= 4 is 6.09 Å². The Bertz CT molecular complexity index is 814. The second kappa shape index (κ2) is 6.60. The van der Waals surface area contributed by atoms with Gasteiger partial charge in [0.25, 0.3) is 0 Å². The third-order valence-corrected chi connectivity index (χ3v) is 4.03. The molecule has 0 unspecified atom stereocenters. The standard InChI is InChI=1S/C19H21N3O3/c1-19(2,3)24-18(23)22-9-5-8-16(22)15-11-17(25-21-15)14-7-4-6-13(10-14)12-20/h4,6-7,10-11,16H,5,8-9H2,1-3H3/t16-/m1/s1. The summed E-state index contributed by atoms with van der Waals surface area (Å²) >= 11 is 0. The zero-order valence-electron chi connectivity index (χ0n) is 14.7. The van der Waals surface area contributed by atoms with Crippen LogP contribution < -0.4 is 0 Å². The molecule has 2 heterocycles. The molecule has 1 aromatic carbocycles. The smallest absolute Gasteiger partial charge is 0.410 e. The highest BCUT2D eigenvalue weighted by atomic mass is 16.6. The number of hydrogen-bond acceptors (Lipinski definition) is 5. The monoisotopic (exact) mass is 339 g/mol. The van der Waals surface area contributed by atoms with E-state index < -0.39 is 5.60 Å². The first kappa shape index (κ1) is 17.0. The summed E-state index contributed by atoms with van der Waals surface area (Å²) < 4.78 is 10.9. The summed E-state index contributed by atoms with van der Waals surface area (Å²) in [7, 11) is 0. The van der Waals surface area contributed by atoms with Crippen LogP contribution in [0.2, 0.25) is 0 Å². The first-order valence-corrected chi connectivity index (χ1v) is 8.34. The summed E-state index contributed by atoms with van der Waals surface area (Å²) in [6.45, 7) is 6.21. The molecule has 2 aromatic rings. The van der Waals surface area contributed by atoms with Crippen LogP contribution in [0, 0.1) is 11.3 Å². The van der Waals surface area contributed by atoms with Crippen molar-refractivity contribution in [1.29, 1.82) is 5.26 Å². The normalized spacial score (nSPS) is 17.4. The quantitative estimate of drug-likeness (QED) is 0.815. The molecule has 0 bridgehead atoms. The maximum Gasteiger partial charge on any atom is 0.410 e. The van der Waals surface area contributed by atoms with Gasteiger partial charge < -0.3 is 9.26 Å². The van der Waals surface area contributed by atoms with Crippen LogP contribution in [0.25, 0.3) is 11.3 Å². The Balaban J connectivity index is 1.81. The van der Waals surface area contributed by atoms with Crippen molar-refractivity contribution < 1.29 is 14.1 Å². The van der Waals surface area contributed by atoms with Gasteiger partial charge in [-0.1, -0.05) is 17.3 Å². The van der Waals surface area contributed by atoms with Crippen molar-refractivity contribution in [3.63, 3.8) is 0 Å². The molecule has 6 nitrogen and oxygen atoms in total. The van der Waals surface area contributed by atoms with E-state index in [1.807, 2.05) is 32.9 Å². The minimum atomic E-state index is -0.531. The number of carbonyl (C=O) groups excluding carboxylic acids is 1. The van der Waals surface area contributed by atoms with E-state index in [1.165, 1.54) is 0 Å². The zero-order chi connectivity index (χ0) is 18.0. The Labute approximate surface area is 147 Å². The molecule has 3 rings (SSSR count). The zero-order valence-corrected chi connectivity index (χ0v) is 14.7. The molecule has 25 heavy (non-hydrogen) atoms. The van der Waals surface area contributed by atoms with Crippen LogP contribution >= 0.6 is 0 Å². The number of nitrogens with zero attached hydrogens (tertiary/aromatic N) is 3. The number of likely N-dealkylation sites (tertiary alicyclic amines) is 1. The van der Waals surface area contributed by atoms with Gasteiger partial charge in [-0.25, -0.2) is 4.79 Å². The fraction of sp³-hybridized carbons (Fsp3) is 0.421. The molecule has 0 aliphatic carbocycles. The molecule has 1 atom stereocenters. The van der Waals surface area contributed by atoms with Crippen LogP contribution in [-0.4, -0.2) is 28.3 Å². The van der Waals surface area contributed by atoms with E-state index in [0.717, 1.165) is 18.4 Å². The molecule has 1 fully saturated rings. The maximum atomic E-state index is 12.4. The number of aromatic nitrogens is 1. The van der Waals surface area contributed by atoms with E-state index >= 15 is 0 Å². The largest absolute Gasteiger partial charge is 0.444 e. The lowest BCUT2D eigenvalue weighted by Gasteiger charge is -2.27.